The van der Waals surface area contributed by atoms with Gasteiger partial charge in [0.15, 0.2) is 0 Å². The third-order valence-electron chi connectivity index (χ3n) is 7.08. The molecule has 0 radical (unpaired) electrons. The van der Waals surface area contributed by atoms with Crippen LogP contribution in [0.2, 0.25) is 0 Å². The predicted molar refractivity (Wildman–Crippen MR) is 134 cm³/mol. The van der Waals surface area contributed by atoms with E-state index in [2.05, 4.69) is 10.2 Å². The van der Waals surface area contributed by atoms with Crippen LogP contribution in [0.1, 0.15) is 49.4 Å². The van der Waals surface area contributed by atoms with E-state index >= 15 is 0 Å². The monoisotopic (exact) mass is 485 g/mol. The molecule has 2 aliphatic rings. The largest absolute Gasteiger partial charge is 0.379 e. The van der Waals surface area contributed by atoms with Gasteiger partial charge in [0.1, 0.15) is 0 Å². The first kappa shape index (κ1) is 24.7. The lowest BCUT2D eigenvalue weighted by molar-refractivity contribution is -0.0361. The van der Waals surface area contributed by atoms with Gasteiger partial charge in [0.2, 0.25) is 0 Å². The molecule has 7 nitrogen and oxygen atoms in total. The fraction of sp³-hybridized carbons (Fsp3) is 0.500. The number of benzene rings is 2. The second-order valence-electron chi connectivity index (χ2n) is 9.10. The van der Waals surface area contributed by atoms with Crippen LogP contribution in [0.5, 0.6) is 0 Å². The molecule has 2 fully saturated rings. The first-order valence-corrected chi connectivity index (χ1v) is 13.7. The minimum Gasteiger partial charge on any atom is -0.379 e. The molecule has 1 N–H and O–H groups in total. The van der Waals surface area contributed by atoms with Gasteiger partial charge in [-0.2, -0.15) is 0 Å². The molecule has 184 valence electrons. The zero-order valence-electron chi connectivity index (χ0n) is 19.9. The molecule has 4 rings (SSSR count). The molecule has 2 aromatic carbocycles. The first-order chi connectivity index (χ1) is 16.5. The zero-order valence-corrected chi connectivity index (χ0v) is 20.7. The number of hydrogen-bond acceptors (Lipinski definition) is 5. The number of rotatable bonds is 8. The third-order valence-corrected chi connectivity index (χ3v) is 9.00. The van der Waals surface area contributed by atoms with Crippen LogP contribution in [-0.4, -0.2) is 64.2 Å². The molecule has 0 aromatic heterocycles. The fourth-order valence-electron chi connectivity index (χ4n) is 5.19. The van der Waals surface area contributed by atoms with Crippen LogP contribution in [0, 0.1) is 0 Å². The number of anilines is 1. The summed E-state index contributed by atoms with van der Waals surface area (Å²) in [6.45, 7) is 6.01. The van der Waals surface area contributed by atoms with Crippen LogP contribution in [0.3, 0.4) is 0 Å². The molecule has 0 unspecified atom stereocenters. The van der Waals surface area contributed by atoms with E-state index in [1.165, 1.54) is 35.7 Å². The first-order valence-electron chi connectivity index (χ1n) is 12.3. The lowest BCUT2D eigenvalue weighted by Gasteiger charge is -2.48. The number of morpholine rings is 1. The molecular weight excluding hydrogens is 450 g/mol. The van der Waals surface area contributed by atoms with E-state index in [9.17, 15) is 13.2 Å². The molecule has 1 aliphatic carbocycles. The van der Waals surface area contributed by atoms with Crippen molar-refractivity contribution in [1.82, 2.24) is 10.2 Å². The number of carbonyl (C=O) groups is 1. The van der Waals surface area contributed by atoms with Gasteiger partial charge in [-0.05, 0) is 56.2 Å². The smallest absolute Gasteiger partial charge is 0.264 e. The second kappa shape index (κ2) is 10.9. The van der Waals surface area contributed by atoms with Crippen molar-refractivity contribution < 1.29 is 17.9 Å². The molecule has 8 heteroatoms. The summed E-state index contributed by atoms with van der Waals surface area (Å²) in [6.07, 6.45) is 5.76. The van der Waals surface area contributed by atoms with E-state index in [1.807, 2.05) is 25.1 Å². The molecule has 0 atom stereocenters. The van der Waals surface area contributed by atoms with Crippen molar-refractivity contribution in [2.24, 2.45) is 0 Å². The van der Waals surface area contributed by atoms with E-state index < -0.39 is 10.0 Å². The van der Waals surface area contributed by atoms with Crippen molar-refractivity contribution in [3.8, 4) is 0 Å². The molecule has 34 heavy (non-hydrogen) atoms. The Balaban J connectivity index is 1.45. The maximum atomic E-state index is 13.2. The molecule has 1 aliphatic heterocycles. The summed E-state index contributed by atoms with van der Waals surface area (Å²) in [7, 11) is -3.72. The average Bonchev–Trinajstić information content (AvgIpc) is 2.89. The Kier molecular flexibility index (Phi) is 7.91. The highest BCUT2D eigenvalue weighted by Gasteiger charge is 2.38. The normalized spacial score (nSPS) is 18.9. The van der Waals surface area contributed by atoms with Crippen LogP contribution in [0.25, 0.3) is 0 Å². The van der Waals surface area contributed by atoms with Crippen LogP contribution < -0.4 is 9.62 Å². The van der Waals surface area contributed by atoms with E-state index in [1.54, 1.807) is 24.3 Å². The van der Waals surface area contributed by atoms with Gasteiger partial charge < -0.3 is 10.1 Å². The van der Waals surface area contributed by atoms with Crippen molar-refractivity contribution in [2.45, 2.75) is 49.5 Å². The number of sulfonamides is 1. The summed E-state index contributed by atoms with van der Waals surface area (Å²) in [6, 6.07) is 15.3. The van der Waals surface area contributed by atoms with Gasteiger partial charge in [-0.25, -0.2) is 8.42 Å². The van der Waals surface area contributed by atoms with Crippen LogP contribution in [0.15, 0.2) is 59.5 Å². The van der Waals surface area contributed by atoms with Gasteiger partial charge in [-0.15, -0.1) is 0 Å². The molecular formula is C26H35N3O4S. The van der Waals surface area contributed by atoms with Gasteiger partial charge in [-0.1, -0.05) is 37.5 Å². The SMILES string of the molecule is CCN(c1ccccc1)S(=O)(=O)c1ccc(C(=O)NCC2(N3CCOCC3)CCCCC2)cc1. The number of nitrogens with one attached hydrogen (secondary N) is 1. The van der Waals surface area contributed by atoms with Crippen molar-refractivity contribution in [1.29, 1.82) is 0 Å². The van der Waals surface area contributed by atoms with Crippen molar-refractivity contribution in [3.05, 3.63) is 60.2 Å². The van der Waals surface area contributed by atoms with E-state index in [-0.39, 0.29) is 16.3 Å². The van der Waals surface area contributed by atoms with Crippen LogP contribution >= 0.6 is 0 Å². The van der Waals surface area contributed by atoms with Crippen LogP contribution in [0.4, 0.5) is 5.69 Å². The standard InChI is InChI=1S/C26H35N3O4S/c1-2-29(23-9-5-3-6-10-23)34(31,32)24-13-11-22(12-14-24)25(30)27-21-26(15-7-4-8-16-26)28-17-19-33-20-18-28/h3,5-6,9-14H,2,4,7-8,15-21H2,1H3,(H,27,30). The Bertz CT molecular complexity index is 1050. The highest BCUT2D eigenvalue weighted by Crippen LogP contribution is 2.34. The summed E-state index contributed by atoms with van der Waals surface area (Å²) in [4.78, 5) is 15.6. The van der Waals surface area contributed by atoms with Crippen molar-refractivity contribution in [2.75, 3.05) is 43.7 Å². The van der Waals surface area contributed by atoms with E-state index in [0.717, 1.165) is 39.1 Å². The Morgan fingerprint density at radius 3 is 2.26 bits per heavy atom. The highest BCUT2D eigenvalue weighted by atomic mass is 32.2. The molecule has 0 bridgehead atoms. The van der Waals surface area contributed by atoms with Gasteiger partial charge in [0.25, 0.3) is 15.9 Å². The molecule has 1 amide bonds. The fourth-order valence-corrected chi connectivity index (χ4v) is 6.66. The summed E-state index contributed by atoms with van der Waals surface area (Å²) in [5.41, 5.74) is 1.07. The van der Waals surface area contributed by atoms with Gasteiger partial charge in [0, 0.05) is 37.3 Å². The minimum atomic E-state index is -3.72. The van der Waals surface area contributed by atoms with E-state index in [4.69, 9.17) is 4.74 Å². The zero-order chi connectivity index (χ0) is 24.0. The summed E-state index contributed by atoms with van der Waals surface area (Å²) in [5, 5.41) is 3.14. The summed E-state index contributed by atoms with van der Waals surface area (Å²) >= 11 is 0. The van der Waals surface area contributed by atoms with Gasteiger partial charge >= 0.3 is 0 Å². The average molecular weight is 486 g/mol. The van der Waals surface area contributed by atoms with Crippen molar-refractivity contribution in [3.63, 3.8) is 0 Å². The predicted octanol–water partition coefficient (Wildman–Crippen LogP) is 3.67. The van der Waals surface area contributed by atoms with Crippen LogP contribution in [-0.2, 0) is 14.8 Å². The summed E-state index contributed by atoms with van der Waals surface area (Å²) < 4.78 is 33.3. The Hall–Kier alpha value is -2.42. The molecule has 1 saturated carbocycles. The highest BCUT2D eigenvalue weighted by molar-refractivity contribution is 7.92. The number of ether oxygens (including phenoxy) is 1. The van der Waals surface area contributed by atoms with Gasteiger partial charge in [0.05, 0.1) is 23.8 Å². The molecule has 0 spiro atoms. The summed E-state index contributed by atoms with van der Waals surface area (Å²) in [5.74, 6) is -0.169. The lowest BCUT2D eigenvalue weighted by Crippen LogP contribution is -2.59. The number of amides is 1. The number of nitrogens with zero attached hydrogens (tertiary/aromatic N) is 2. The van der Waals surface area contributed by atoms with Gasteiger partial charge in [-0.3, -0.25) is 14.0 Å². The quantitative estimate of drug-likeness (QED) is 0.617. The number of hydrogen-bond donors (Lipinski definition) is 1. The number of para-hydroxylation sites is 1. The third kappa shape index (κ3) is 5.29. The number of carbonyl (C=O) groups excluding carboxylic acids is 1. The minimum absolute atomic E-state index is 0.0156. The van der Waals surface area contributed by atoms with Crippen molar-refractivity contribution >= 4 is 21.6 Å². The Morgan fingerprint density at radius 2 is 1.65 bits per heavy atom. The Labute approximate surface area is 203 Å². The maximum absolute atomic E-state index is 13.2. The molecule has 1 heterocycles. The Morgan fingerprint density at radius 1 is 1.00 bits per heavy atom. The van der Waals surface area contributed by atoms with E-state index in [0.29, 0.717) is 24.3 Å². The maximum Gasteiger partial charge on any atom is 0.264 e. The molecule has 2 aromatic rings. The second-order valence-corrected chi connectivity index (χ2v) is 11.0. The lowest BCUT2D eigenvalue weighted by atomic mass is 9.79. The molecule has 1 saturated heterocycles. The topological polar surface area (TPSA) is 79.0 Å².